The van der Waals surface area contributed by atoms with Crippen molar-refractivity contribution in [3.8, 4) is 5.75 Å². The van der Waals surface area contributed by atoms with Crippen LogP contribution in [0.1, 0.15) is 44.6 Å². The minimum Gasteiger partial charge on any atom is -0.494 e. The van der Waals surface area contributed by atoms with Gasteiger partial charge >= 0.3 is 0 Å². The van der Waals surface area contributed by atoms with Crippen molar-refractivity contribution in [2.45, 2.75) is 51.6 Å². The molecule has 2 aromatic rings. The number of amides is 2. The summed E-state index contributed by atoms with van der Waals surface area (Å²) >= 11 is 0. The van der Waals surface area contributed by atoms with E-state index >= 15 is 0 Å². The van der Waals surface area contributed by atoms with Crippen molar-refractivity contribution >= 4 is 17.5 Å². The van der Waals surface area contributed by atoms with E-state index in [0.717, 1.165) is 17.7 Å². The summed E-state index contributed by atoms with van der Waals surface area (Å²) in [4.78, 5) is 28.7. The maximum atomic E-state index is 12.9. The lowest BCUT2D eigenvalue weighted by Gasteiger charge is -2.23. The fraction of sp³-hybridized carbons (Fsp3) is 0.417. The Kier molecular flexibility index (Phi) is 7.42. The molecule has 2 aromatic carbocycles. The fourth-order valence-corrected chi connectivity index (χ4v) is 3.62. The first-order valence-electron chi connectivity index (χ1n) is 10.4. The summed E-state index contributed by atoms with van der Waals surface area (Å²) in [6.45, 7) is 3.50. The van der Waals surface area contributed by atoms with Crippen molar-refractivity contribution in [2.24, 2.45) is 0 Å². The number of hydrogen-bond acceptors (Lipinski definition) is 4. The molecule has 29 heavy (non-hydrogen) atoms. The van der Waals surface area contributed by atoms with Crippen LogP contribution >= 0.6 is 0 Å². The second-order valence-corrected chi connectivity index (χ2v) is 7.59. The van der Waals surface area contributed by atoms with Crippen molar-refractivity contribution in [1.29, 1.82) is 0 Å². The molecule has 1 aliphatic rings. The number of anilines is 1. The maximum Gasteiger partial charge on any atom is 0.251 e. The number of rotatable bonds is 10. The third-order valence-corrected chi connectivity index (χ3v) is 5.29. The molecular formula is C24H30N2O3. The monoisotopic (exact) mass is 394 g/mol. The first kappa shape index (κ1) is 21.1. The van der Waals surface area contributed by atoms with Gasteiger partial charge in [0.25, 0.3) is 5.91 Å². The lowest BCUT2D eigenvalue weighted by Crippen LogP contribution is -2.39. The molecule has 1 atom stereocenters. The van der Waals surface area contributed by atoms with Gasteiger partial charge in [0.15, 0.2) is 0 Å². The van der Waals surface area contributed by atoms with Gasteiger partial charge in [0.1, 0.15) is 5.75 Å². The molecule has 2 amide bonds. The molecule has 0 unspecified atom stereocenters. The highest BCUT2D eigenvalue weighted by Crippen LogP contribution is 2.27. The zero-order valence-corrected chi connectivity index (χ0v) is 17.3. The van der Waals surface area contributed by atoms with Crippen molar-refractivity contribution < 1.29 is 14.3 Å². The van der Waals surface area contributed by atoms with Gasteiger partial charge in [-0.2, -0.15) is 0 Å². The average Bonchev–Trinajstić information content (AvgIpc) is 3.03. The van der Waals surface area contributed by atoms with E-state index in [1.165, 1.54) is 24.2 Å². The number of nitrogens with zero attached hydrogens (tertiary/aromatic N) is 2. The summed E-state index contributed by atoms with van der Waals surface area (Å²) in [6, 6.07) is 16.8. The third-order valence-electron chi connectivity index (χ3n) is 5.29. The lowest BCUT2D eigenvalue weighted by molar-refractivity contribution is -0.122. The Balaban J connectivity index is 1.59. The van der Waals surface area contributed by atoms with Crippen molar-refractivity contribution in [3.05, 3.63) is 60.2 Å². The second kappa shape index (κ2) is 10.2. The standard InChI is InChI=1S/C24H30N2O3/c1-3-4-5-9-16-29-21-14-12-20(13-15-21)26-23(27)17-22(24(26)28)25(2)18-19-10-7-6-8-11-19/h6-8,10-15,22H,3-5,9,16-18H2,1-2H3/t22-/m0/s1. The van der Waals surface area contributed by atoms with E-state index in [2.05, 4.69) is 6.92 Å². The number of carbonyl (C=O) groups excluding carboxylic acids is 2. The van der Waals surface area contributed by atoms with Gasteiger partial charge in [-0.15, -0.1) is 0 Å². The molecule has 0 radical (unpaired) electrons. The van der Waals surface area contributed by atoms with Crippen molar-refractivity contribution in [2.75, 3.05) is 18.6 Å². The van der Waals surface area contributed by atoms with Gasteiger partial charge in [-0.05, 0) is 43.3 Å². The molecule has 0 aliphatic carbocycles. The first-order chi connectivity index (χ1) is 14.1. The molecule has 0 bridgehead atoms. The number of ether oxygens (including phenoxy) is 1. The van der Waals surface area contributed by atoms with Crippen molar-refractivity contribution in [3.63, 3.8) is 0 Å². The number of unbranched alkanes of at least 4 members (excludes halogenated alkanes) is 3. The molecule has 0 spiro atoms. The number of hydrogen-bond donors (Lipinski definition) is 0. The highest BCUT2D eigenvalue weighted by atomic mass is 16.5. The smallest absolute Gasteiger partial charge is 0.251 e. The molecule has 3 rings (SSSR count). The molecular weight excluding hydrogens is 364 g/mol. The Bertz CT molecular complexity index is 805. The quantitative estimate of drug-likeness (QED) is 0.442. The van der Waals surface area contributed by atoms with Crippen LogP contribution in [0.3, 0.4) is 0 Å². The number of likely N-dealkylation sites (N-methyl/N-ethyl adjacent to an activating group) is 1. The van der Waals surface area contributed by atoms with Gasteiger partial charge in [0, 0.05) is 6.54 Å². The Hall–Kier alpha value is -2.66. The highest BCUT2D eigenvalue weighted by molar-refractivity contribution is 6.22. The van der Waals surface area contributed by atoms with Crippen molar-refractivity contribution in [1.82, 2.24) is 4.90 Å². The fourth-order valence-electron chi connectivity index (χ4n) is 3.62. The van der Waals surface area contributed by atoms with Gasteiger partial charge in [0.2, 0.25) is 5.91 Å². The summed E-state index contributed by atoms with van der Waals surface area (Å²) in [5.41, 5.74) is 1.73. The molecule has 1 saturated heterocycles. The van der Waals surface area contributed by atoms with Crippen LogP contribution < -0.4 is 9.64 Å². The maximum absolute atomic E-state index is 12.9. The largest absolute Gasteiger partial charge is 0.494 e. The van der Waals surface area contributed by atoms with Gasteiger partial charge in [0.05, 0.1) is 24.8 Å². The topological polar surface area (TPSA) is 49.9 Å². The van der Waals surface area contributed by atoms with Crippen LogP contribution in [-0.4, -0.2) is 36.4 Å². The molecule has 1 fully saturated rings. The van der Waals surface area contributed by atoms with Gasteiger partial charge in [-0.25, -0.2) is 4.90 Å². The molecule has 154 valence electrons. The predicted octanol–water partition coefficient (Wildman–Crippen LogP) is 4.41. The summed E-state index contributed by atoms with van der Waals surface area (Å²) in [6.07, 6.45) is 4.84. The van der Waals surface area contributed by atoms with E-state index in [1.54, 1.807) is 12.1 Å². The minimum absolute atomic E-state index is 0.159. The first-order valence-corrected chi connectivity index (χ1v) is 10.4. The number of benzene rings is 2. The SMILES string of the molecule is CCCCCCOc1ccc(N2C(=O)C[C@H](N(C)Cc3ccccc3)C2=O)cc1. The molecule has 0 saturated carbocycles. The van der Waals surface area contributed by atoms with E-state index in [0.29, 0.717) is 18.8 Å². The summed E-state index contributed by atoms with van der Waals surface area (Å²) in [5.74, 6) is 0.442. The van der Waals surface area contributed by atoms with Crippen LogP contribution in [0.4, 0.5) is 5.69 Å². The molecule has 1 heterocycles. The third kappa shape index (κ3) is 5.45. The predicted molar refractivity (Wildman–Crippen MR) is 115 cm³/mol. The summed E-state index contributed by atoms with van der Waals surface area (Å²) in [7, 11) is 1.89. The van der Waals surface area contributed by atoms with Crippen LogP contribution in [0.15, 0.2) is 54.6 Å². The summed E-state index contributed by atoms with van der Waals surface area (Å²) in [5, 5.41) is 0. The lowest BCUT2D eigenvalue weighted by atomic mass is 10.1. The van der Waals surface area contributed by atoms with Crippen LogP contribution in [0, 0.1) is 0 Å². The zero-order chi connectivity index (χ0) is 20.6. The van der Waals surface area contributed by atoms with E-state index in [4.69, 9.17) is 4.74 Å². The van der Waals surface area contributed by atoms with Crippen LogP contribution in [0.2, 0.25) is 0 Å². The summed E-state index contributed by atoms with van der Waals surface area (Å²) < 4.78 is 5.75. The van der Waals surface area contributed by atoms with Crippen LogP contribution in [-0.2, 0) is 16.1 Å². The molecule has 0 aromatic heterocycles. The van der Waals surface area contributed by atoms with E-state index in [9.17, 15) is 9.59 Å². The van der Waals surface area contributed by atoms with E-state index in [-0.39, 0.29) is 18.2 Å². The second-order valence-electron chi connectivity index (χ2n) is 7.59. The highest BCUT2D eigenvalue weighted by Gasteiger charge is 2.41. The van der Waals surface area contributed by atoms with Gasteiger partial charge in [-0.3, -0.25) is 14.5 Å². The Morgan fingerprint density at radius 2 is 1.72 bits per heavy atom. The van der Waals surface area contributed by atoms with E-state index < -0.39 is 6.04 Å². The minimum atomic E-state index is -0.433. The molecule has 5 heteroatoms. The van der Waals surface area contributed by atoms with Crippen LogP contribution in [0.25, 0.3) is 0 Å². The average molecular weight is 395 g/mol. The van der Waals surface area contributed by atoms with Gasteiger partial charge in [-0.1, -0.05) is 56.5 Å². The van der Waals surface area contributed by atoms with E-state index in [1.807, 2.05) is 54.4 Å². The molecule has 0 N–H and O–H groups in total. The molecule has 1 aliphatic heterocycles. The number of carbonyl (C=O) groups is 2. The zero-order valence-electron chi connectivity index (χ0n) is 17.3. The number of imide groups is 1. The van der Waals surface area contributed by atoms with Gasteiger partial charge < -0.3 is 4.74 Å². The molecule has 5 nitrogen and oxygen atoms in total. The normalized spacial score (nSPS) is 16.7. The Morgan fingerprint density at radius 3 is 2.41 bits per heavy atom. The Morgan fingerprint density at radius 1 is 1.00 bits per heavy atom. The van der Waals surface area contributed by atoms with Crippen LogP contribution in [0.5, 0.6) is 5.75 Å². The Labute approximate surface area is 173 Å².